The summed E-state index contributed by atoms with van der Waals surface area (Å²) >= 11 is 0. The van der Waals surface area contributed by atoms with Gasteiger partial charge >= 0.3 is 0 Å². The summed E-state index contributed by atoms with van der Waals surface area (Å²) in [5.74, 6) is -1.00. The Morgan fingerprint density at radius 1 is 1.07 bits per heavy atom. The van der Waals surface area contributed by atoms with Gasteiger partial charge in [0, 0.05) is 37.3 Å². The normalized spacial score (nSPS) is 19.6. The van der Waals surface area contributed by atoms with Gasteiger partial charge in [-0.25, -0.2) is 9.37 Å². The van der Waals surface area contributed by atoms with Crippen molar-refractivity contribution >= 4 is 30.7 Å². The molecule has 2 aromatic carbocycles. The van der Waals surface area contributed by atoms with Crippen molar-refractivity contribution in [1.82, 2.24) is 20.1 Å². The Morgan fingerprint density at radius 3 is 2.55 bits per heavy atom. The predicted molar refractivity (Wildman–Crippen MR) is 167 cm³/mol. The zero-order valence-electron chi connectivity index (χ0n) is 23.8. The van der Waals surface area contributed by atoms with Crippen LogP contribution in [0.1, 0.15) is 48.0 Å². The number of carbonyl (C=O) groups is 1. The molecule has 0 unspecified atom stereocenters. The third-order valence-corrected chi connectivity index (χ3v) is 7.89. The number of benzene rings is 2. The van der Waals surface area contributed by atoms with Crippen molar-refractivity contribution in [3.63, 3.8) is 0 Å². The van der Waals surface area contributed by atoms with E-state index in [0.717, 1.165) is 87.2 Å². The van der Waals surface area contributed by atoms with Crippen molar-refractivity contribution in [2.45, 2.75) is 50.7 Å². The summed E-state index contributed by atoms with van der Waals surface area (Å²) in [5, 5.41) is 14.1. The zero-order chi connectivity index (χ0) is 28.1. The highest BCUT2D eigenvalue weighted by atomic mass is 35.5. The number of hydrogen-bond donors (Lipinski definition) is 3. The first-order valence-corrected chi connectivity index (χ1v) is 14.1. The van der Waals surface area contributed by atoms with Crippen molar-refractivity contribution in [3.05, 3.63) is 71.7 Å². The lowest BCUT2D eigenvalue weighted by Gasteiger charge is -2.27. The number of amides is 1. The number of pyridine rings is 1. The molecular weight excluding hydrogens is 580 g/mol. The van der Waals surface area contributed by atoms with Crippen LogP contribution in [-0.4, -0.2) is 71.1 Å². The number of phenols is 1. The van der Waals surface area contributed by atoms with E-state index in [1.165, 1.54) is 0 Å². The van der Waals surface area contributed by atoms with Crippen molar-refractivity contribution in [2.75, 3.05) is 33.2 Å². The lowest BCUT2D eigenvalue weighted by Crippen LogP contribution is -2.40. The molecule has 3 aromatic rings. The largest absolute Gasteiger partial charge is 0.504 e. The molecule has 42 heavy (non-hydrogen) atoms. The molecular formula is C31H40Cl2FN5O3. The van der Waals surface area contributed by atoms with Gasteiger partial charge in [0.1, 0.15) is 11.4 Å². The van der Waals surface area contributed by atoms with E-state index >= 15 is 0 Å². The van der Waals surface area contributed by atoms with Crippen molar-refractivity contribution in [1.29, 1.82) is 0 Å². The molecule has 5 rings (SSSR count). The van der Waals surface area contributed by atoms with E-state index in [0.29, 0.717) is 6.54 Å². The number of halogens is 3. The lowest BCUT2D eigenvalue weighted by molar-refractivity contribution is 0.0922. The Morgan fingerprint density at radius 2 is 1.81 bits per heavy atom. The maximum atomic E-state index is 14.3. The molecule has 1 aliphatic heterocycles. The fourth-order valence-electron chi connectivity index (χ4n) is 5.55. The number of rotatable bonds is 7. The molecule has 1 saturated carbocycles. The van der Waals surface area contributed by atoms with E-state index in [2.05, 4.69) is 27.1 Å². The van der Waals surface area contributed by atoms with Gasteiger partial charge in [0.15, 0.2) is 11.5 Å². The van der Waals surface area contributed by atoms with Gasteiger partial charge in [-0.3, -0.25) is 9.69 Å². The highest BCUT2D eigenvalue weighted by Crippen LogP contribution is 2.41. The van der Waals surface area contributed by atoms with Crippen LogP contribution in [0.4, 0.5) is 4.39 Å². The Hall–Kier alpha value is -2.95. The number of nitrogens with one attached hydrogen (secondary N) is 1. The second-order valence-corrected chi connectivity index (χ2v) is 10.9. The average Bonchev–Trinajstić information content (AvgIpc) is 3.16. The van der Waals surface area contributed by atoms with E-state index in [4.69, 9.17) is 10.5 Å². The number of carbonyl (C=O) groups excluding carboxylic acids is 1. The summed E-state index contributed by atoms with van der Waals surface area (Å²) in [6.45, 7) is 4.27. The standard InChI is InChI=1S/C31H38FN5O3.2ClH/c1-36-14-5-15-37(17-16-36)20-27-25(21-6-3-2-4-7-21)12-13-28(38)29(27)40-31-26(18-22(32)19-34-31)30(39)35-24-10-8-23(33)9-11-24;;/h2-4,6-7,12-13,18-19,23-24,38H,5,8-11,14-17,20,33H2,1H3,(H,35,39);2*1H. The zero-order valence-corrected chi connectivity index (χ0v) is 25.4. The molecule has 2 aliphatic rings. The molecule has 2 fully saturated rings. The van der Waals surface area contributed by atoms with Gasteiger partial charge in [-0.1, -0.05) is 36.4 Å². The molecule has 2 heterocycles. The molecule has 8 nitrogen and oxygen atoms in total. The van der Waals surface area contributed by atoms with Crippen LogP contribution in [0.25, 0.3) is 11.1 Å². The molecule has 11 heteroatoms. The third-order valence-electron chi connectivity index (χ3n) is 7.89. The van der Waals surface area contributed by atoms with Crippen molar-refractivity contribution in [2.24, 2.45) is 5.73 Å². The molecule has 1 aliphatic carbocycles. The van der Waals surface area contributed by atoms with Gasteiger partial charge in [0.2, 0.25) is 5.88 Å². The molecule has 0 radical (unpaired) electrons. The molecule has 4 N–H and O–H groups in total. The average molecular weight is 621 g/mol. The van der Waals surface area contributed by atoms with Crippen LogP contribution >= 0.6 is 24.8 Å². The molecule has 1 saturated heterocycles. The minimum atomic E-state index is -0.640. The molecule has 0 spiro atoms. The van der Waals surface area contributed by atoms with Crippen LogP contribution in [0.2, 0.25) is 0 Å². The fourth-order valence-corrected chi connectivity index (χ4v) is 5.55. The maximum Gasteiger partial charge on any atom is 0.257 e. The summed E-state index contributed by atoms with van der Waals surface area (Å²) in [6, 6.07) is 14.6. The minimum Gasteiger partial charge on any atom is -0.504 e. The highest BCUT2D eigenvalue weighted by Gasteiger charge is 2.26. The number of aromatic hydroxyl groups is 1. The first-order valence-electron chi connectivity index (χ1n) is 14.1. The van der Waals surface area contributed by atoms with Crippen LogP contribution in [0.15, 0.2) is 54.7 Å². The third kappa shape index (κ3) is 8.33. The topological polar surface area (TPSA) is 104 Å². The highest BCUT2D eigenvalue weighted by molar-refractivity contribution is 5.96. The predicted octanol–water partition coefficient (Wildman–Crippen LogP) is 5.37. The Kier molecular flexibility index (Phi) is 12.4. The first kappa shape index (κ1) is 33.6. The maximum absolute atomic E-state index is 14.3. The summed E-state index contributed by atoms with van der Waals surface area (Å²) in [4.78, 5) is 22.1. The summed E-state index contributed by atoms with van der Waals surface area (Å²) < 4.78 is 20.6. The number of phenolic OH excluding ortho intramolecular Hbond substituents is 1. The first-order chi connectivity index (χ1) is 19.4. The van der Waals surface area contributed by atoms with E-state index in [9.17, 15) is 14.3 Å². The van der Waals surface area contributed by atoms with Crippen LogP contribution in [0, 0.1) is 5.82 Å². The number of likely N-dealkylation sites (N-methyl/N-ethyl adjacent to an activating group) is 1. The summed E-state index contributed by atoms with van der Waals surface area (Å²) in [6.07, 6.45) is 5.23. The smallest absolute Gasteiger partial charge is 0.257 e. The van der Waals surface area contributed by atoms with Gasteiger partial charge in [-0.05, 0) is 75.5 Å². The van der Waals surface area contributed by atoms with E-state index in [1.807, 2.05) is 36.4 Å². The minimum absolute atomic E-state index is 0. The molecule has 1 aromatic heterocycles. The molecule has 1 amide bonds. The van der Waals surface area contributed by atoms with Crippen LogP contribution in [0.5, 0.6) is 17.4 Å². The van der Waals surface area contributed by atoms with Crippen molar-refractivity contribution < 1.29 is 19.0 Å². The van der Waals surface area contributed by atoms with Crippen LogP contribution in [-0.2, 0) is 6.54 Å². The van der Waals surface area contributed by atoms with E-state index in [-0.39, 0.29) is 59.8 Å². The quantitative estimate of drug-likeness (QED) is 0.327. The summed E-state index contributed by atoms with van der Waals surface area (Å²) in [5.41, 5.74) is 8.68. The summed E-state index contributed by atoms with van der Waals surface area (Å²) in [7, 11) is 2.12. The van der Waals surface area contributed by atoms with Crippen molar-refractivity contribution in [3.8, 4) is 28.5 Å². The molecule has 0 bridgehead atoms. The number of aromatic nitrogens is 1. The Bertz CT molecular complexity index is 1330. The van der Waals surface area contributed by atoms with Gasteiger partial charge in [-0.2, -0.15) is 0 Å². The number of nitrogens with two attached hydrogens (primary N) is 1. The lowest BCUT2D eigenvalue weighted by atomic mass is 9.91. The van der Waals surface area contributed by atoms with Gasteiger partial charge in [0.05, 0.1) is 6.20 Å². The van der Waals surface area contributed by atoms with Gasteiger partial charge < -0.3 is 25.8 Å². The van der Waals surface area contributed by atoms with E-state index in [1.54, 1.807) is 6.07 Å². The van der Waals surface area contributed by atoms with Gasteiger partial charge in [-0.15, -0.1) is 24.8 Å². The van der Waals surface area contributed by atoms with Gasteiger partial charge in [0.25, 0.3) is 5.91 Å². The van der Waals surface area contributed by atoms with E-state index < -0.39 is 11.7 Å². The van der Waals surface area contributed by atoms with Crippen LogP contribution in [0.3, 0.4) is 0 Å². The number of ether oxygens (including phenoxy) is 1. The second kappa shape index (κ2) is 15.5. The molecule has 228 valence electrons. The number of hydrogen-bond acceptors (Lipinski definition) is 7. The SMILES string of the molecule is CN1CCCN(Cc2c(-c3ccccc3)ccc(O)c2Oc2ncc(F)cc2C(=O)NC2CCC(N)CC2)CC1.Cl.Cl. The molecule has 0 atom stereocenters. The number of nitrogens with zero attached hydrogens (tertiary/aromatic N) is 3. The van der Waals surface area contributed by atoms with Crippen LogP contribution < -0.4 is 15.8 Å². The monoisotopic (exact) mass is 619 g/mol. The second-order valence-electron chi connectivity index (χ2n) is 10.9. The Labute approximate surface area is 259 Å². The Balaban J connectivity index is 0.00000242. The fraction of sp³-hybridized carbons (Fsp3) is 0.419.